The van der Waals surface area contributed by atoms with E-state index in [4.69, 9.17) is 9.16 Å². The molecule has 5 atom stereocenters. The van der Waals surface area contributed by atoms with Gasteiger partial charge in [0.05, 0.1) is 18.1 Å². The van der Waals surface area contributed by atoms with E-state index < -0.39 is 14.4 Å². The van der Waals surface area contributed by atoms with Crippen LogP contribution in [0.3, 0.4) is 0 Å². The Labute approximate surface area is 174 Å². The number of hydrogen-bond acceptors (Lipinski definition) is 4. The first-order valence-corrected chi connectivity index (χ1v) is 13.7. The van der Waals surface area contributed by atoms with Gasteiger partial charge in [-0.3, -0.25) is 4.79 Å². The lowest BCUT2D eigenvalue weighted by Gasteiger charge is -2.40. The van der Waals surface area contributed by atoms with Gasteiger partial charge in [0.25, 0.3) is 0 Å². The Kier molecular flexibility index (Phi) is 5.14. The minimum atomic E-state index is -1.99. The number of rotatable bonds is 5. The minimum Gasteiger partial charge on any atom is -0.447 e. The van der Waals surface area contributed by atoms with Gasteiger partial charge in [0, 0.05) is 0 Å². The summed E-state index contributed by atoms with van der Waals surface area (Å²) in [6.45, 7) is 11.4. The molecule has 1 aromatic carbocycles. The third-order valence-corrected chi connectivity index (χ3v) is 11.9. The fourth-order valence-electron chi connectivity index (χ4n) is 4.58. The number of nitrogens with zero attached hydrogens (tertiary/aromatic N) is 1. The summed E-state index contributed by atoms with van der Waals surface area (Å²) in [4.78, 5) is 27.4. The van der Waals surface area contributed by atoms with Crippen molar-refractivity contribution in [2.45, 2.75) is 70.3 Å². The Morgan fingerprint density at radius 1 is 1.21 bits per heavy atom. The van der Waals surface area contributed by atoms with Crippen LogP contribution in [-0.2, 0) is 20.4 Å². The number of benzene rings is 1. The standard InChI is InChI=1S/C23H33NO4Si/c1-23(2,3)29(4,5)28-20-18-12-16(18)13-19(20)21(25)24-17(14-27-22(24)26)11-15-9-7-6-8-10-15/h6-10,16-20H,11-14H2,1-5H3/t16-,17?,18-,19-,20-/m0/s1. The van der Waals surface area contributed by atoms with Gasteiger partial charge in [-0.25, -0.2) is 9.69 Å². The maximum Gasteiger partial charge on any atom is 0.416 e. The lowest BCUT2D eigenvalue weighted by Crippen LogP contribution is -2.50. The number of fused-ring (bicyclic) bond motifs is 1. The first kappa shape index (κ1) is 20.6. The van der Waals surface area contributed by atoms with Crippen LogP contribution < -0.4 is 0 Å². The Bertz CT molecular complexity index is 788. The van der Waals surface area contributed by atoms with Crippen LogP contribution in [0, 0.1) is 17.8 Å². The summed E-state index contributed by atoms with van der Waals surface area (Å²) in [5.74, 6) is 0.732. The molecule has 0 aromatic heterocycles. The van der Waals surface area contributed by atoms with E-state index in [1.54, 1.807) is 0 Å². The normalized spacial score (nSPS) is 31.6. The van der Waals surface area contributed by atoms with Crippen LogP contribution in [0.4, 0.5) is 4.79 Å². The molecular formula is C23H33NO4Si. The van der Waals surface area contributed by atoms with Crippen LogP contribution in [0.1, 0.15) is 39.2 Å². The average Bonchev–Trinajstić information content (AvgIpc) is 3.21. The van der Waals surface area contributed by atoms with Gasteiger partial charge in [-0.1, -0.05) is 51.1 Å². The van der Waals surface area contributed by atoms with E-state index >= 15 is 0 Å². The zero-order valence-electron chi connectivity index (χ0n) is 18.2. The van der Waals surface area contributed by atoms with Crippen molar-refractivity contribution >= 4 is 20.3 Å². The predicted molar refractivity (Wildman–Crippen MR) is 114 cm³/mol. The summed E-state index contributed by atoms with van der Waals surface area (Å²) in [5, 5.41) is 0.0932. The van der Waals surface area contributed by atoms with Crippen molar-refractivity contribution < 1.29 is 18.8 Å². The molecule has 5 nitrogen and oxygen atoms in total. The molecule has 1 unspecified atom stereocenters. The van der Waals surface area contributed by atoms with Gasteiger partial charge in [0.2, 0.25) is 5.91 Å². The summed E-state index contributed by atoms with van der Waals surface area (Å²) < 4.78 is 12.0. The van der Waals surface area contributed by atoms with Crippen molar-refractivity contribution in [1.82, 2.24) is 4.90 Å². The summed E-state index contributed by atoms with van der Waals surface area (Å²) in [6, 6.07) is 9.75. The van der Waals surface area contributed by atoms with Crippen LogP contribution >= 0.6 is 0 Å². The Balaban J connectivity index is 1.52. The molecule has 2 amide bonds. The van der Waals surface area contributed by atoms with Gasteiger partial charge in [0.15, 0.2) is 8.32 Å². The van der Waals surface area contributed by atoms with E-state index in [0.717, 1.165) is 18.4 Å². The molecule has 1 heterocycles. The number of carbonyl (C=O) groups is 2. The number of hydrogen-bond donors (Lipinski definition) is 0. The first-order chi connectivity index (χ1) is 13.6. The number of imide groups is 1. The Morgan fingerprint density at radius 2 is 1.90 bits per heavy atom. The van der Waals surface area contributed by atoms with Crippen molar-refractivity contribution in [3.8, 4) is 0 Å². The second kappa shape index (κ2) is 7.24. The molecule has 2 aliphatic carbocycles. The Morgan fingerprint density at radius 3 is 2.55 bits per heavy atom. The highest BCUT2D eigenvalue weighted by Gasteiger charge is 2.60. The van der Waals surface area contributed by atoms with Crippen molar-refractivity contribution in [1.29, 1.82) is 0 Å². The molecule has 4 rings (SSSR count). The molecule has 3 aliphatic rings. The third kappa shape index (κ3) is 3.89. The van der Waals surface area contributed by atoms with Crippen LogP contribution in [-0.4, -0.2) is 44.0 Å². The van der Waals surface area contributed by atoms with Crippen LogP contribution in [0.5, 0.6) is 0 Å². The van der Waals surface area contributed by atoms with E-state index in [0.29, 0.717) is 18.3 Å². The van der Waals surface area contributed by atoms with Crippen molar-refractivity contribution in [2.24, 2.45) is 17.8 Å². The molecule has 0 spiro atoms. The lowest BCUT2D eigenvalue weighted by atomic mass is 9.97. The SMILES string of the molecule is CC(C)(C)[Si](C)(C)O[C@H]1[C@H]2C[C@H]2C[C@@H]1C(=O)N1C(=O)OCC1Cc1ccccc1. The second-order valence-electron chi connectivity index (χ2n) is 10.5. The molecule has 1 saturated heterocycles. The van der Waals surface area contributed by atoms with Crippen molar-refractivity contribution in [2.75, 3.05) is 6.61 Å². The van der Waals surface area contributed by atoms with Crippen LogP contribution in [0.15, 0.2) is 30.3 Å². The molecule has 6 heteroatoms. The van der Waals surface area contributed by atoms with E-state index in [1.807, 2.05) is 30.3 Å². The molecule has 2 saturated carbocycles. The van der Waals surface area contributed by atoms with Gasteiger partial charge >= 0.3 is 6.09 Å². The molecule has 0 radical (unpaired) electrons. The first-order valence-electron chi connectivity index (χ1n) is 10.8. The topological polar surface area (TPSA) is 55.8 Å². The number of carbonyl (C=O) groups excluding carboxylic acids is 2. The maximum absolute atomic E-state index is 13.5. The minimum absolute atomic E-state index is 0.0563. The van der Waals surface area contributed by atoms with Crippen LogP contribution in [0.25, 0.3) is 0 Å². The molecule has 158 valence electrons. The second-order valence-corrected chi connectivity index (χ2v) is 15.2. The number of ether oxygens (including phenoxy) is 1. The summed E-state index contributed by atoms with van der Waals surface area (Å²) >= 11 is 0. The van der Waals surface area contributed by atoms with Gasteiger partial charge in [-0.2, -0.15) is 0 Å². The van der Waals surface area contributed by atoms with E-state index in [1.165, 1.54) is 4.90 Å². The third-order valence-electron chi connectivity index (χ3n) is 7.42. The smallest absolute Gasteiger partial charge is 0.416 e. The van der Waals surface area contributed by atoms with Gasteiger partial charge in [-0.05, 0) is 54.8 Å². The maximum atomic E-state index is 13.5. The highest BCUT2D eigenvalue weighted by molar-refractivity contribution is 6.74. The molecule has 0 N–H and O–H groups in total. The quantitative estimate of drug-likeness (QED) is 0.658. The summed E-state index contributed by atoms with van der Waals surface area (Å²) in [5.41, 5.74) is 1.11. The lowest BCUT2D eigenvalue weighted by molar-refractivity contribution is -0.136. The summed E-state index contributed by atoms with van der Waals surface area (Å²) in [6.07, 6.45) is 2.07. The fourth-order valence-corrected chi connectivity index (χ4v) is 5.95. The Hall–Kier alpha value is -1.66. The highest BCUT2D eigenvalue weighted by atomic mass is 28.4. The van der Waals surface area contributed by atoms with Gasteiger partial charge in [-0.15, -0.1) is 0 Å². The predicted octanol–water partition coefficient (Wildman–Crippen LogP) is 4.62. The average molecular weight is 416 g/mol. The largest absolute Gasteiger partial charge is 0.447 e. The summed E-state index contributed by atoms with van der Waals surface area (Å²) in [7, 11) is -1.99. The molecular weight excluding hydrogens is 382 g/mol. The molecule has 0 bridgehead atoms. The number of cyclic esters (lactones) is 1. The molecule has 3 fully saturated rings. The van der Waals surface area contributed by atoms with E-state index in [9.17, 15) is 9.59 Å². The zero-order chi connectivity index (χ0) is 21.0. The molecule has 1 aliphatic heterocycles. The fraction of sp³-hybridized carbons (Fsp3) is 0.652. The van der Waals surface area contributed by atoms with Crippen molar-refractivity contribution in [3.63, 3.8) is 0 Å². The van der Waals surface area contributed by atoms with E-state index in [2.05, 4.69) is 33.9 Å². The zero-order valence-corrected chi connectivity index (χ0v) is 19.2. The van der Waals surface area contributed by atoms with Crippen LogP contribution in [0.2, 0.25) is 18.1 Å². The highest BCUT2D eigenvalue weighted by Crippen LogP contribution is 2.57. The monoisotopic (exact) mass is 415 g/mol. The van der Waals surface area contributed by atoms with Gasteiger partial charge < -0.3 is 9.16 Å². The van der Waals surface area contributed by atoms with Gasteiger partial charge in [0.1, 0.15) is 6.61 Å². The molecule has 1 aromatic rings. The van der Waals surface area contributed by atoms with Crippen molar-refractivity contribution in [3.05, 3.63) is 35.9 Å². The van der Waals surface area contributed by atoms with E-state index in [-0.39, 0.29) is 35.6 Å². The number of amides is 2. The molecule has 29 heavy (non-hydrogen) atoms.